The summed E-state index contributed by atoms with van der Waals surface area (Å²) in [6.45, 7) is 0. The molecule has 0 saturated carbocycles. The van der Waals surface area contributed by atoms with Crippen molar-refractivity contribution in [3.63, 3.8) is 0 Å². The van der Waals surface area contributed by atoms with Gasteiger partial charge in [-0.15, -0.1) is 0 Å². The molecular weight excluding hydrogens is 420 g/mol. The van der Waals surface area contributed by atoms with Crippen molar-refractivity contribution in [1.82, 2.24) is 5.43 Å². The number of hydrogen-bond donors (Lipinski definition) is 4. The Morgan fingerprint density at radius 1 is 1.05 bits per heavy atom. The molecule has 114 valence electrons. The van der Waals surface area contributed by atoms with Crippen molar-refractivity contribution < 1.29 is 20.1 Å². The lowest BCUT2D eigenvalue weighted by Crippen LogP contribution is -2.17. The van der Waals surface area contributed by atoms with Gasteiger partial charge in [-0.05, 0) is 40.2 Å². The number of nitrogens with zero attached hydrogens (tertiary/aromatic N) is 1. The number of aromatic hydroxyl groups is 3. The lowest BCUT2D eigenvalue weighted by atomic mass is 10.2. The molecule has 2 aromatic carbocycles. The molecule has 0 aliphatic carbocycles. The fraction of sp³-hybridized carbons (Fsp3) is 0. The Morgan fingerprint density at radius 2 is 1.77 bits per heavy atom. The van der Waals surface area contributed by atoms with E-state index in [9.17, 15) is 20.1 Å². The van der Waals surface area contributed by atoms with Crippen LogP contribution >= 0.6 is 31.9 Å². The van der Waals surface area contributed by atoms with Gasteiger partial charge in [0.25, 0.3) is 5.91 Å². The number of rotatable bonds is 3. The number of carbonyl (C=O) groups is 1. The Hall–Kier alpha value is -2.06. The maximum Gasteiger partial charge on any atom is 0.275 e. The smallest absolute Gasteiger partial charge is 0.275 e. The van der Waals surface area contributed by atoms with Gasteiger partial charge in [0.2, 0.25) is 0 Å². The predicted octanol–water partition coefficient (Wildman–Crippen LogP) is 3.09. The van der Waals surface area contributed by atoms with Crippen molar-refractivity contribution in [3.8, 4) is 17.2 Å². The monoisotopic (exact) mass is 428 g/mol. The molecule has 0 aliphatic rings. The normalized spacial score (nSPS) is 10.8. The van der Waals surface area contributed by atoms with Crippen LogP contribution in [-0.4, -0.2) is 27.4 Å². The number of amides is 1. The Labute approximate surface area is 142 Å². The van der Waals surface area contributed by atoms with Gasteiger partial charge in [0, 0.05) is 16.1 Å². The summed E-state index contributed by atoms with van der Waals surface area (Å²) in [7, 11) is 0. The molecule has 8 heteroatoms. The Bertz CT molecular complexity index is 763. The molecule has 0 saturated heterocycles. The maximum atomic E-state index is 11.9. The average molecular weight is 430 g/mol. The molecule has 0 radical (unpaired) electrons. The minimum atomic E-state index is -0.604. The zero-order valence-electron chi connectivity index (χ0n) is 10.9. The van der Waals surface area contributed by atoms with Gasteiger partial charge in [-0.3, -0.25) is 4.79 Å². The van der Waals surface area contributed by atoms with Crippen molar-refractivity contribution in [2.45, 2.75) is 0 Å². The molecule has 0 heterocycles. The van der Waals surface area contributed by atoms with E-state index in [0.717, 1.165) is 6.07 Å². The van der Waals surface area contributed by atoms with Crippen molar-refractivity contribution in [2.24, 2.45) is 5.10 Å². The first-order valence-corrected chi connectivity index (χ1v) is 7.50. The number of hydrazone groups is 1. The maximum absolute atomic E-state index is 11.9. The first-order chi connectivity index (χ1) is 10.4. The number of nitrogens with one attached hydrogen (secondary N) is 1. The fourth-order valence-electron chi connectivity index (χ4n) is 1.58. The largest absolute Gasteiger partial charge is 0.507 e. The molecule has 22 heavy (non-hydrogen) atoms. The summed E-state index contributed by atoms with van der Waals surface area (Å²) in [6.07, 6.45) is 1.21. The van der Waals surface area contributed by atoms with E-state index in [-0.39, 0.29) is 22.8 Å². The molecule has 0 unspecified atom stereocenters. The van der Waals surface area contributed by atoms with E-state index < -0.39 is 5.91 Å². The van der Waals surface area contributed by atoms with Crippen LogP contribution in [0.15, 0.2) is 44.4 Å². The van der Waals surface area contributed by atoms with Crippen LogP contribution in [0, 0.1) is 0 Å². The van der Waals surface area contributed by atoms with Gasteiger partial charge in [0.15, 0.2) is 0 Å². The molecular formula is C14H10Br2N2O4. The third-order valence-electron chi connectivity index (χ3n) is 2.67. The van der Waals surface area contributed by atoms with Crippen LogP contribution in [0.2, 0.25) is 0 Å². The molecule has 0 atom stereocenters. The summed E-state index contributed by atoms with van der Waals surface area (Å²) in [5.41, 5.74) is 2.59. The van der Waals surface area contributed by atoms with Crippen molar-refractivity contribution in [1.29, 1.82) is 0 Å². The molecule has 0 aliphatic heterocycles. The molecule has 2 rings (SSSR count). The topological polar surface area (TPSA) is 102 Å². The number of hydrogen-bond acceptors (Lipinski definition) is 5. The molecule has 0 aromatic heterocycles. The summed E-state index contributed by atoms with van der Waals surface area (Å²) >= 11 is 6.31. The summed E-state index contributed by atoms with van der Waals surface area (Å²) in [4.78, 5) is 11.9. The highest BCUT2D eigenvalue weighted by Gasteiger charge is 2.11. The Balaban J connectivity index is 2.14. The van der Waals surface area contributed by atoms with Crippen LogP contribution in [-0.2, 0) is 0 Å². The molecule has 6 nitrogen and oxygen atoms in total. The second kappa shape index (κ2) is 6.80. The quantitative estimate of drug-likeness (QED) is 0.444. The highest BCUT2D eigenvalue weighted by atomic mass is 79.9. The predicted molar refractivity (Wildman–Crippen MR) is 88.3 cm³/mol. The minimum Gasteiger partial charge on any atom is -0.507 e. The van der Waals surface area contributed by atoms with Gasteiger partial charge < -0.3 is 15.3 Å². The fourth-order valence-corrected chi connectivity index (χ4v) is 2.30. The van der Waals surface area contributed by atoms with E-state index in [4.69, 9.17) is 0 Å². The van der Waals surface area contributed by atoms with Gasteiger partial charge in [0.05, 0.1) is 16.3 Å². The number of carbonyl (C=O) groups excluding carboxylic acids is 1. The van der Waals surface area contributed by atoms with Gasteiger partial charge in [-0.1, -0.05) is 15.9 Å². The Morgan fingerprint density at radius 3 is 2.50 bits per heavy atom. The summed E-state index contributed by atoms with van der Waals surface area (Å²) in [5, 5.41) is 32.4. The van der Waals surface area contributed by atoms with Crippen LogP contribution in [0.25, 0.3) is 0 Å². The molecule has 1 amide bonds. The standard InChI is InChI=1S/C14H10Br2N2O4/c15-8-1-2-11(19)9(4-8)14(22)18-17-6-7-3-10(16)13(21)5-12(7)20/h1-6,19-21H,(H,18,22)/b17-6+. The number of benzene rings is 2. The zero-order chi connectivity index (χ0) is 16.3. The van der Waals surface area contributed by atoms with Gasteiger partial charge in [0.1, 0.15) is 17.2 Å². The van der Waals surface area contributed by atoms with E-state index in [1.54, 1.807) is 6.07 Å². The lowest BCUT2D eigenvalue weighted by molar-refractivity contribution is 0.0952. The zero-order valence-corrected chi connectivity index (χ0v) is 14.1. The van der Waals surface area contributed by atoms with Gasteiger partial charge in [-0.25, -0.2) is 5.43 Å². The number of phenolic OH excluding ortho intramolecular Hbond substituents is 3. The average Bonchev–Trinajstić information content (AvgIpc) is 2.46. The van der Waals surface area contributed by atoms with Crippen LogP contribution in [0.5, 0.6) is 17.2 Å². The SMILES string of the molecule is O=C(N/N=C/c1cc(Br)c(O)cc1O)c1cc(Br)ccc1O. The second-order valence-corrected chi connectivity index (χ2v) is 5.99. The van der Waals surface area contributed by atoms with E-state index in [1.165, 1.54) is 24.4 Å². The highest BCUT2D eigenvalue weighted by Crippen LogP contribution is 2.30. The highest BCUT2D eigenvalue weighted by molar-refractivity contribution is 9.10. The van der Waals surface area contributed by atoms with Crippen LogP contribution in [0.4, 0.5) is 0 Å². The van der Waals surface area contributed by atoms with Crippen LogP contribution < -0.4 is 5.43 Å². The van der Waals surface area contributed by atoms with Gasteiger partial charge >= 0.3 is 0 Å². The summed E-state index contributed by atoms with van der Waals surface area (Å²) in [6, 6.07) is 7.02. The van der Waals surface area contributed by atoms with Crippen molar-refractivity contribution in [3.05, 3.63) is 50.4 Å². The van der Waals surface area contributed by atoms with Crippen LogP contribution in [0.3, 0.4) is 0 Å². The third-order valence-corrected chi connectivity index (χ3v) is 3.80. The Kier molecular flexibility index (Phi) is 5.04. The summed E-state index contributed by atoms with van der Waals surface area (Å²) < 4.78 is 1.02. The van der Waals surface area contributed by atoms with E-state index in [0.29, 0.717) is 14.5 Å². The third kappa shape index (κ3) is 3.77. The molecule has 4 N–H and O–H groups in total. The minimum absolute atomic E-state index is 0.0580. The van der Waals surface area contributed by atoms with E-state index in [2.05, 4.69) is 42.4 Å². The summed E-state index contributed by atoms with van der Waals surface area (Å²) in [5.74, 6) is -1.08. The van der Waals surface area contributed by atoms with Gasteiger partial charge in [-0.2, -0.15) is 5.10 Å². The van der Waals surface area contributed by atoms with Crippen LogP contribution in [0.1, 0.15) is 15.9 Å². The first kappa shape index (κ1) is 16.3. The number of phenols is 3. The molecule has 0 fully saturated rings. The van der Waals surface area contributed by atoms with Crippen molar-refractivity contribution >= 4 is 44.0 Å². The molecule has 0 bridgehead atoms. The second-order valence-electron chi connectivity index (χ2n) is 4.22. The lowest BCUT2D eigenvalue weighted by Gasteiger charge is -2.04. The van der Waals surface area contributed by atoms with E-state index >= 15 is 0 Å². The molecule has 0 spiro atoms. The van der Waals surface area contributed by atoms with E-state index in [1.807, 2.05) is 0 Å². The first-order valence-electron chi connectivity index (χ1n) is 5.92. The number of halogens is 2. The van der Waals surface area contributed by atoms with Crippen molar-refractivity contribution in [2.75, 3.05) is 0 Å². The molecule has 2 aromatic rings.